The van der Waals surface area contributed by atoms with Gasteiger partial charge in [0, 0.05) is 6.07 Å². The molecule has 0 saturated carbocycles. The van der Waals surface area contributed by atoms with Crippen molar-refractivity contribution in [2.24, 2.45) is 0 Å². The van der Waals surface area contributed by atoms with Gasteiger partial charge >= 0.3 is 5.97 Å². The number of thiazole rings is 1. The number of hydrogen-bond donors (Lipinski definition) is 1. The van der Waals surface area contributed by atoms with E-state index < -0.39 is 22.9 Å². The first-order chi connectivity index (χ1) is 13.4. The highest BCUT2D eigenvalue weighted by Gasteiger charge is 2.21. The number of nitrogens with zero attached hydrogens (tertiary/aromatic N) is 2. The molecule has 1 N–H and O–H groups in total. The van der Waals surface area contributed by atoms with Gasteiger partial charge in [0.25, 0.3) is 11.6 Å². The number of esters is 1. The molecular formula is C18H15N3O5S2. The van der Waals surface area contributed by atoms with Crippen LogP contribution in [0.3, 0.4) is 0 Å². The van der Waals surface area contributed by atoms with Gasteiger partial charge in [-0.25, -0.2) is 4.98 Å². The number of ether oxygens (including phenoxy) is 1. The third-order valence-corrected chi connectivity index (χ3v) is 5.78. The molecular weight excluding hydrogens is 402 g/mol. The Morgan fingerprint density at radius 3 is 2.71 bits per heavy atom. The molecule has 0 aliphatic heterocycles. The number of hydrogen-bond acceptors (Lipinski definition) is 8. The van der Waals surface area contributed by atoms with E-state index in [4.69, 9.17) is 4.74 Å². The zero-order valence-electron chi connectivity index (χ0n) is 14.7. The van der Waals surface area contributed by atoms with Crippen molar-refractivity contribution in [3.05, 3.63) is 58.6 Å². The largest absolute Gasteiger partial charge is 0.452 e. The molecule has 1 amide bonds. The Kier molecular flexibility index (Phi) is 6.22. The SMILES string of the molecule is CC(OC(=O)CSc1nc2ccccc2s1)C(=O)Nc1ccccc1[N+](=O)[O-]. The lowest BCUT2D eigenvalue weighted by Crippen LogP contribution is -2.30. The number of rotatable bonds is 7. The van der Waals surface area contributed by atoms with Crippen molar-refractivity contribution in [2.45, 2.75) is 17.4 Å². The summed E-state index contributed by atoms with van der Waals surface area (Å²) in [4.78, 5) is 39.0. The average molecular weight is 417 g/mol. The highest BCUT2D eigenvalue weighted by molar-refractivity contribution is 8.01. The number of nitrogens with one attached hydrogen (secondary N) is 1. The molecule has 1 unspecified atom stereocenters. The first-order valence-corrected chi connectivity index (χ1v) is 9.96. The summed E-state index contributed by atoms with van der Waals surface area (Å²) >= 11 is 2.70. The molecule has 144 valence electrons. The number of nitro groups is 1. The van der Waals surface area contributed by atoms with Crippen LogP contribution in [0.25, 0.3) is 10.2 Å². The summed E-state index contributed by atoms with van der Waals surface area (Å²) in [6.45, 7) is 1.41. The van der Waals surface area contributed by atoms with Crippen molar-refractivity contribution in [2.75, 3.05) is 11.1 Å². The Labute approximate surface area is 168 Å². The average Bonchev–Trinajstić information content (AvgIpc) is 3.09. The molecule has 1 atom stereocenters. The molecule has 3 rings (SSSR count). The second kappa shape index (κ2) is 8.81. The Balaban J connectivity index is 1.53. The quantitative estimate of drug-likeness (QED) is 0.269. The van der Waals surface area contributed by atoms with E-state index in [1.807, 2.05) is 24.3 Å². The van der Waals surface area contributed by atoms with Crippen molar-refractivity contribution in [3.8, 4) is 0 Å². The Bertz CT molecular complexity index is 1000. The Hall–Kier alpha value is -2.98. The maximum Gasteiger partial charge on any atom is 0.317 e. The maximum atomic E-state index is 12.2. The zero-order valence-corrected chi connectivity index (χ0v) is 16.3. The standard InChI is InChI=1S/C18H15N3O5S2/c1-11(17(23)19-12-6-2-4-8-14(12)21(24)25)26-16(22)10-27-18-20-13-7-3-5-9-15(13)28-18/h2-9,11H,10H2,1H3,(H,19,23). The van der Waals surface area contributed by atoms with Crippen molar-refractivity contribution < 1.29 is 19.2 Å². The lowest BCUT2D eigenvalue weighted by Gasteiger charge is -2.13. The monoisotopic (exact) mass is 417 g/mol. The van der Waals surface area contributed by atoms with Crippen LogP contribution in [0.2, 0.25) is 0 Å². The number of nitro benzene ring substituents is 1. The summed E-state index contributed by atoms with van der Waals surface area (Å²) < 4.78 is 6.87. The fraction of sp³-hybridized carbons (Fsp3) is 0.167. The van der Waals surface area contributed by atoms with Gasteiger partial charge in [-0.2, -0.15) is 0 Å². The van der Waals surface area contributed by atoms with Gasteiger partial charge in [-0.15, -0.1) is 11.3 Å². The van der Waals surface area contributed by atoms with E-state index in [1.165, 1.54) is 48.2 Å². The van der Waals surface area contributed by atoms with Gasteiger partial charge in [0.1, 0.15) is 5.69 Å². The van der Waals surface area contributed by atoms with E-state index in [1.54, 1.807) is 6.07 Å². The fourth-order valence-electron chi connectivity index (χ4n) is 2.29. The number of aromatic nitrogens is 1. The lowest BCUT2D eigenvalue weighted by atomic mass is 10.2. The van der Waals surface area contributed by atoms with E-state index in [0.717, 1.165) is 14.6 Å². The Morgan fingerprint density at radius 1 is 1.25 bits per heavy atom. The molecule has 0 spiro atoms. The predicted octanol–water partition coefficient (Wildman–Crippen LogP) is 3.87. The van der Waals surface area contributed by atoms with Crippen molar-refractivity contribution in [3.63, 3.8) is 0 Å². The molecule has 3 aromatic rings. The molecule has 0 fully saturated rings. The number of fused-ring (bicyclic) bond motifs is 1. The molecule has 1 heterocycles. The summed E-state index contributed by atoms with van der Waals surface area (Å²) in [6.07, 6.45) is -1.09. The molecule has 0 aliphatic rings. The normalized spacial score (nSPS) is 11.8. The highest BCUT2D eigenvalue weighted by atomic mass is 32.2. The number of anilines is 1. The molecule has 2 aromatic carbocycles. The molecule has 0 aliphatic carbocycles. The van der Waals surface area contributed by atoms with Crippen LogP contribution in [0, 0.1) is 10.1 Å². The van der Waals surface area contributed by atoms with Gasteiger partial charge in [-0.05, 0) is 25.1 Å². The van der Waals surface area contributed by atoms with Crippen LogP contribution in [0.5, 0.6) is 0 Å². The first-order valence-electron chi connectivity index (χ1n) is 8.16. The van der Waals surface area contributed by atoms with Crippen molar-refractivity contribution in [1.82, 2.24) is 4.98 Å². The molecule has 28 heavy (non-hydrogen) atoms. The highest BCUT2D eigenvalue weighted by Crippen LogP contribution is 2.29. The van der Waals surface area contributed by atoms with Gasteiger partial charge in [0.05, 0.1) is 20.9 Å². The zero-order chi connectivity index (χ0) is 20.1. The van der Waals surface area contributed by atoms with Gasteiger partial charge < -0.3 is 10.1 Å². The van der Waals surface area contributed by atoms with Crippen molar-refractivity contribution >= 4 is 56.6 Å². The smallest absolute Gasteiger partial charge is 0.317 e. The molecule has 1 aromatic heterocycles. The summed E-state index contributed by atoms with van der Waals surface area (Å²) in [5, 5.41) is 13.4. The molecule has 8 nitrogen and oxygen atoms in total. The minimum absolute atomic E-state index is 0.00290. The number of para-hydroxylation sites is 3. The Morgan fingerprint density at radius 2 is 1.96 bits per heavy atom. The van der Waals surface area contributed by atoms with E-state index in [0.29, 0.717) is 0 Å². The number of thioether (sulfide) groups is 1. The summed E-state index contributed by atoms with van der Waals surface area (Å²) in [7, 11) is 0. The minimum atomic E-state index is -1.09. The lowest BCUT2D eigenvalue weighted by molar-refractivity contribution is -0.383. The van der Waals surface area contributed by atoms with E-state index in [-0.39, 0.29) is 17.1 Å². The third kappa shape index (κ3) is 4.84. The maximum absolute atomic E-state index is 12.2. The number of amides is 1. The van der Waals surface area contributed by atoms with E-state index >= 15 is 0 Å². The van der Waals surface area contributed by atoms with Crippen LogP contribution in [-0.4, -0.2) is 33.6 Å². The van der Waals surface area contributed by atoms with Crippen LogP contribution < -0.4 is 5.32 Å². The van der Waals surface area contributed by atoms with Gasteiger partial charge in [-0.1, -0.05) is 36.0 Å². The summed E-state index contributed by atoms with van der Waals surface area (Å²) in [5.74, 6) is -1.22. The summed E-state index contributed by atoms with van der Waals surface area (Å²) in [6, 6.07) is 13.4. The first kappa shape index (κ1) is 19.8. The molecule has 0 radical (unpaired) electrons. The second-order valence-electron chi connectivity index (χ2n) is 5.63. The minimum Gasteiger partial charge on any atom is -0.452 e. The molecule has 0 saturated heterocycles. The predicted molar refractivity (Wildman–Crippen MR) is 108 cm³/mol. The van der Waals surface area contributed by atoms with Gasteiger partial charge in [0.2, 0.25) is 0 Å². The second-order valence-corrected chi connectivity index (χ2v) is 7.88. The van der Waals surface area contributed by atoms with Crippen LogP contribution in [0.1, 0.15) is 6.92 Å². The van der Waals surface area contributed by atoms with Crippen LogP contribution in [0.15, 0.2) is 52.9 Å². The third-order valence-electron chi connectivity index (χ3n) is 3.62. The van der Waals surface area contributed by atoms with Crippen LogP contribution >= 0.6 is 23.1 Å². The van der Waals surface area contributed by atoms with E-state index in [2.05, 4.69) is 10.3 Å². The van der Waals surface area contributed by atoms with Crippen molar-refractivity contribution in [1.29, 1.82) is 0 Å². The van der Waals surface area contributed by atoms with Crippen LogP contribution in [-0.2, 0) is 14.3 Å². The fourth-order valence-corrected chi connectivity index (χ4v) is 4.14. The number of carbonyl (C=O) groups is 2. The topological polar surface area (TPSA) is 111 Å². The summed E-state index contributed by atoms with van der Waals surface area (Å²) in [5.41, 5.74) is 0.672. The molecule has 0 bridgehead atoms. The number of carbonyl (C=O) groups excluding carboxylic acids is 2. The molecule has 10 heteroatoms. The van der Waals surface area contributed by atoms with Gasteiger partial charge in [-0.3, -0.25) is 19.7 Å². The number of benzene rings is 2. The van der Waals surface area contributed by atoms with Gasteiger partial charge in [0.15, 0.2) is 10.4 Å². The van der Waals surface area contributed by atoms with Crippen LogP contribution in [0.4, 0.5) is 11.4 Å². The van der Waals surface area contributed by atoms with E-state index in [9.17, 15) is 19.7 Å².